The summed E-state index contributed by atoms with van der Waals surface area (Å²) in [6.07, 6.45) is 1.55. The van der Waals surface area contributed by atoms with Crippen LogP contribution in [0.5, 0.6) is 11.5 Å². The van der Waals surface area contributed by atoms with Crippen molar-refractivity contribution >= 4 is 23.9 Å². The molecule has 0 aromatic heterocycles. The van der Waals surface area contributed by atoms with E-state index in [2.05, 4.69) is 4.99 Å². The molecule has 1 aliphatic heterocycles. The largest absolute Gasteiger partial charge is 0.493 e. The van der Waals surface area contributed by atoms with Gasteiger partial charge in [0.25, 0.3) is 0 Å². The number of carbonyl (C=O) groups is 2. The molecule has 3 aromatic carbocycles. The van der Waals surface area contributed by atoms with Crippen LogP contribution in [-0.2, 0) is 9.53 Å². The fraction of sp³-hybridized carbons (Fsp3) is 0.0417. The first-order valence-corrected chi connectivity index (χ1v) is 9.27. The Labute approximate surface area is 177 Å². The van der Waals surface area contributed by atoms with Crippen molar-refractivity contribution < 1.29 is 28.2 Å². The Hall–Kier alpha value is -4.26. The van der Waals surface area contributed by atoms with E-state index in [4.69, 9.17) is 14.2 Å². The van der Waals surface area contributed by atoms with Gasteiger partial charge in [-0.25, -0.2) is 19.0 Å². The smallest absolute Gasteiger partial charge is 0.363 e. The Morgan fingerprint density at radius 3 is 2.45 bits per heavy atom. The zero-order valence-corrected chi connectivity index (χ0v) is 16.4. The van der Waals surface area contributed by atoms with Crippen molar-refractivity contribution in [1.82, 2.24) is 0 Å². The highest BCUT2D eigenvalue weighted by Gasteiger charge is 2.24. The van der Waals surface area contributed by atoms with Gasteiger partial charge in [0.15, 0.2) is 17.2 Å². The molecule has 0 atom stereocenters. The normalized spacial score (nSPS) is 14.2. The van der Waals surface area contributed by atoms with E-state index in [9.17, 15) is 14.0 Å². The number of halogens is 1. The molecule has 7 heteroatoms. The van der Waals surface area contributed by atoms with Crippen LogP contribution in [0.4, 0.5) is 4.39 Å². The van der Waals surface area contributed by atoms with Gasteiger partial charge in [0.1, 0.15) is 5.82 Å². The molecule has 1 aliphatic rings. The summed E-state index contributed by atoms with van der Waals surface area (Å²) in [4.78, 5) is 28.7. The molecule has 4 rings (SSSR count). The van der Waals surface area contributed by atoms with Gasteiger partial charge < -0.3 is 14.2 Å². The lowest BCUT2D eigenvalue weighted by Crippen LogP contribution is -2.09. The predicted octanol–water partition coefficient (Wildman–Crippen LogP) is 4.40. The first-order valence-electron chi connectivity index (χ1n) is 9.27. The minimum atomic E-state index is -0.652. The molecule has 1 heterocycles. The van der Waals surface area contributed by atoms with Gasteiger partial charge in [-0.3, -0.25) is 0 Å². The summed E-state index contributed by atoms with van der Waals surface area (Å²) in [6, 6.07) is 18.9. The Morgan fingerprint density at radius 1 is 1.00 bits per heavy atom. The van der Waals surface area contributed by atoms with E-state index in [-0.39, 0.29) is 28.7 Å². The van der Waals surface area contributed by atoms with Crippen LogP contribution >= 0.6 is 0 Å². The zero-order chi connectivity index (χ0) is 21.8. The maximum absolute atomic E-state index is 13.0. The van der Waals surface area contributed by atoms with Crippen LogP contribution in [0, 0.1) is 5.82 Å². The molecule has 0 bridgehead atoms. The summed E-state index contributed by atoms with van der Waals surface area (Å²) in [5.41, 5.74) is 1.63. The van der Waals surface area contributed by atoms with E-state index in [1.54, 1.807) is 30.3 Å². The van der Waals surface area contributed by atoms with Crippen LogP contribution < -0.4 is 9.47 Å². The van der Waals surface area contributed by atoms with E-state index >= 15 is 0 Å². The summed E-state index contributed by atoms with van der Waals surface area (Å²) < 4.78 is 28.9. The Bertz CT molecular complexity index is 1200. The van der Waals surface area contributed by atoms with Crippen LogP contribution in [-0.4, -0.2) is 24.9 Å². The van der Waals surface area contributed by atoms with Gasteiger partial charge in [0.2, 0.25) is 5.90 Å². The molecule has 0 amide bonds. The quantitative estimate of drug-likeness (QED) is 0.350. The van der Waals surface area contributed by atoms with Gasteiger partial charge in [-0.1, -0.05) is 24.3 Å². The Kier molecular flexibility index (Phi) is 5.57. The molecule has 0 radical (unpaired) electrons. The highest BCUT2D eigenvalue weighted by Crippen LogP contribution is 2.30. The van der Waals surface area contributed by atoms with Crippen molar-refractivity contribution in [3.8, 4) is 11.5 Å². The first kappa shape index (κ1) is 20.0. The summed E-state index contributed by atoms with van der Waals surface area (Å²) in [6.45, 7) is 0. The standard InChI is InChI=1S/C24H16FNO5/c1-29-21-14-15(7-12-20(21)30-23(27)17-8-10-18(25)11-9-17)13-19-24(28)31-22(26-19)16-5-3-2-4-6-16/h2-14H,1H3/b19-13-. The number of hydrogen-bond acceptors (Lipinski definition) is 6. The van der Waals surface area contributed by atoms with Crippen molar-refractivity contribution in [1.29, 1.82) is 0 Å². The number of carbonyl (C=O) groups excluding carboxylic acids is 2. The lowest BCUT2D eigenvalue weighted by molar-refractivity contribution is -0.129. The summed E-state index contributed by atoms with van der Waals surface area (Å²) in [5, 5.41) is 0. The van der Waals surface area contributed by atoms with Gasteiger partial charge in [-0.05, 0) is 60.2 Å². The molecule has 0 unspecified atom stereocenters. The number of methoxy groups -OCH3 is 1. The highest BCUT2D eigenvalue weighted by molar-refractivity contribution is 6.12. The third kappa shape index (κ3) is 4.51. The fourth-order valence-electron chi connectivity index (χ4n) is 2.87. The molecule has 6 nitrogen and oxygen atoms in total. The van der Waals surface area contributed by atoms with Gasteiger partial charge >= 0.3 is 11.9 Å². The SMILES string of the molecule is COc1cc(/C=C2\N=C(c3ccccc3)OC2=O)ccc1OC(=O)c1ccc(F)cc1. The molecular formula is C24H16FNO5. The molecular weight excluding hydrogens is 401 g/mol. The van der Waals surface area contributed by atoms with Crippen molar-refractivity contribution in [2.45, 2.75) is 0 Å². The van der Waals surface area contributed by atoms with Gasteiger partial charge in [-0.15, -0.1) is 0 Å². The molecule has 0 N–H and O–H groups in total. The number of esters is 2. The third-order valence-electron chi connectivity index (χ3n) is 4.41. The second-order valence-corrected chi connectivity index (χ2v) is 6.51. The van der Waals surface area contributed by atoms with E-state index in [0.29, 0.717) is 11.1 Å². The molecule has 31 heavy (non-hydrogen) atoms. The summed E-state index contributed by atoms with van der Waals surface area (Å²) in [5.74, 6) is -0.973. The topological polar surface area (TPSA) is 74.2 Å². The minimum absolute atomic E-state index is 0.136. The molecule has 0 saturated heterocycles. The summed E-state index contributed by atoms with van der Waals surface area (Å²) in [7, 11) is 1.43. The molecule has 0 fully saturated rings. The number of hydrogen-bond donors (Lipinski definition) is 0. The molecule has 0 saturated carbocycles. The second-order valence-electron chi connectivity index (χ2n) is 6.51. The van der Waals surface area contributed by atoms with Gasteiger partial charge in [-0.2, -0.15) is 0 Å². The molecule has 0 aliphatic carbocycles. The van der Waals surface area contributed by atoms with Crippen molar-refractivity contribution in [2.24, 2.45) is 4.99 Å². The number of benzene rings is 3. The average molecular weight is 417 g/mol. The van der Waals surface area contributed by atoms with E-state index < -0.39 is 17.8 Å². The van der Waals surface area contributed by atoms with Crippen molar-refractivity contribution in [3.05, 3.63) is 101 Å². The van der Waals surface area contributed by atoms with Crippen LogP contribution in [0.3, 0.4) is 0 Å². The van der Waals surface area contributed by atoms with E-state index in [0.717, 1.165) is 0 Å². The number of aliphatic imine (C=N–C) groups is 1. The lowest BCUT2D eigenvalue weighted by Gasteiger charge is -2.10. The van der Waals surface area contributed by atoms with Gasteiger partial charge in [0, 0.05) is 5.56 Å². The number of nitrogens with zero attached hydrogens (tertiary/aromatic N) is 1. The molecule has 3 aromatic rings. The first-order chi connectivity index (χ1) is 15.0. The van der Waals surface area contributed by atoms with E-state index in [1.165, 1.54) is 37.4 Å². The van der Waals surface area contributed by atoms with Crippen LogP contribution in [0.15, 0.2) is 83.5 Å². The van der Waals surface area contributed by atoms with E-state index in [1.807, 2.05) is 18.2 Å². The molecule has 154 valence electrons. The molecule has 0 spiro atoms. The highest BCUT2D eigenvalue weighted by atomic mass is 19.1. The second kappa shape index (κ2) is 8.62. The monoisotopic (exact) mass is 417 g/mol. The average Bonchev–Trinajstić information content (AvgIpc) is 3.16. The minimum Gasteiger partial charge on any atom is -0.493 e. The van der Waals surface area contributed by atoms with Gasteiger partial charge in [0.05, 0.1) is 12.7 Å². The predicted molar refractivity (Wildman–Crippen MR) is 111 cm³/mol. The maximum atomic E-state index is 13.0. The number of rotatable bonds is 5. The van der Waals surface area contributed by atoms with Crippen molar-refractivity contribution in [2.75, 3.05) is 7.11 Å². The van der Waals surface area contributed by atoms with Crippen molar-refractivity contribution in [3.63, 3.8) is 0 Å². The lowest BCUT2D eigenvalue weighted by atomic mass is 10.1. The maximum Gasteiger partial charge on any atom is 0.363 e. The van der Waals surface area contributed by atoms with Crippen LogP contribution in [0.1, 0.15) is 21.5 Å². The fourth-order valence-corrected chi connectivity index (χ4v) is 2.87. The Balaban J connectivity index is 1.56. The third-order valence-corrected chi connectivity index (χ3v) is 4.41. The number of ether oxygens (including phenoxy) is 3. The Morgan fingerprint density at radius 2 is 1.74 bits per heavy atom. The summed E-state index contributed by atoms with van der Waals surface area (Å²) >= 11 is 0. The number of cyclic esters (lactones) is 1. The zero-order valence-electron chi connectivity index (χ0n) is 16.4. The van der Waals surface area contributed by atoms with Crippen LogP contribution in [0.2, 0.25) is 0 Å². The van der Waals surface area contributed by atoms with Crippen LogP contribution in [0.25, 0.3) is 6.08 Å².